The van der Waals surface area contributed by atoms with Gasteiger partial charge in [0.25, 0.3) is 6.43 Å². The Morgan fingerprint density at radius 3 is 2.05 bits per heavy atom. The normalized spacial score (nSPS) is 16.7. The van der Waals surface area contributed by atoms with Crippen LogP contribution in [-0.4, -0.2) is 65.7 Å². The van der Waals surface area contributed by atoms with Gasteiger partial charge in [-0.25, -0.2) is 13.6 Å². The van der Waals surface area contributed by atoms with Crippen LogP contribution in [0.5, 0.6) is 0 Å². The number of alkyl carbamates (subject to hydrolysis) is 1. The van der Waals surface area contributed by atoms with Gasteiger partial charge in [-0.1, -0.05) is 78.9 Å². The van der Waals surface area contributed by atoms with E-state index in [-0.39, 0.29) is 25.4 Å². The summed E-state index contributed by atoms with van der Waals surface area (Å²) < 4.78 is 32.9. The highest BCUT2D eigenvalue weighted by molar-refractivity contribution is 5.90. The zero-order valence-corrected chi connectivity index (χ0v) is 23.0. The van der Waals surface area contributed by atoms with Gasteiger partial charge < -0.3 is 20.5 Å². The molecule has 0 spiro atoms. The van der Waals surface area contributed by atoms with Gasteiger partial charge in [-0.05, 0) is 40.7 Å². The first-order valence-corrected chi connectivity index (χ1v) is 14.0. The Morgan fingerprint density at radius 2 is 1.48 bits per heavy atom. The molecule has 1 unspecified atom stereocenters. The van der Waals surface area contributed by atoms with Crippen LogP contribution in [0.2, 0.25) is 0 Å². The van der Waals surface area contributed by atoms with Crippen LogP contribution in [0.15, 0.2) is 78.9 Å². The number of alkyl halides is 2. The van der Waals surface area contributed by atoms with Crippen LogP contribution in [-0.2, 0) is 20.9 Å². The molecule has 1 saturated heterocycles. The minimum Gasteiger partial charge on any atom is -0.481 e. The molecule has 1 fully saturated rings. The molecule has 2 amide bonds. The molecule has 1 atom stereocenters. The average Bonchev–Trinajstić information content (AvgIpc) is 3.30. The van der Waals surface area contributed by atoms with E-state index in [0.29, 0.717) is 19.6 Å². The molecule has 0 radical (unpaired) electrons. The molecule has 5 rings (SSSR count). The molecule has 2 aliphatic rings. The molecular weight excluding hydrogens is 544 g/mol. The number of nitrogens with zero attached hydrogens (tertiary/aromatic N) is 1. The van der Waals surface area contributed by atoms with Crippen LogP contribution in [0.3, 0.4) is 0 Å². The Kier molecular flexibility index (Phi) is 8.82. The summed E-state index contributed by atoms with van der Waals surface area (Å²) in [6, 6.07) is 23.7. The molecular formula is C32H33F2N3O5. The van der Waals surface area contributed by atoms with Gasteiger partial charge in [0.2, 0.25) is 5.91 Å². The maximum atomic E-state index is 13.6. The van der Waals surface area contributed by atoms with Gasteiger partial charge >= 0.3 is 12.1 Å². The number of hydrogen-bond acceptors (Lipinski definition) is 5. The van der Waals surface area contributed by atoms with E-state index in [0.717, 1.165) is 27.8 Å². The lowest BCUT2D eigenvalue weighted by molar-refractivity contribution is -0.139. The number of carboxylic acids is 1. The van der Waals surface area contributed by atoms with Gasteiger partial charge in [-0.2, -0.15) is 0 Å². The topological polar surface area (TPSA) is 108 Å². The fourth-order valence-electron chi connectivity index (χ4n) is 5.87. The monoisotopic (exact) mass is 577 g/mol. The van der Waals surface area contributed by atoms with Gasteiger partial charge in [0.15, 0.2) is 0 Å². The van der Waals surface area contributed by atoms with Crippen LogP contribution in [0.1, 0.15) is 41.9 Å². The molecule has 8 nitrogen and oxygen atoms in total. The number of aliphatic carboxylic acids is 1. The average molecular weight is 578 g/mol. The van der Waals surface area contributed by atoms with E-state index in [1.165, 1.54) is 0 Å². The van der Waals surface area contributed by atoms with Crippen molar-refractivity contribution in [2.24, 2.45) is 0 Å². The molecule has 0 aromatic heterocycles. The quantitative estimate of drug-likeness (QED) is 0.320. The highest BCUT2D eigenvalue weighted by Crippen LogP contribution is 2.44. The highest BCUT2D eigenvalue weighted by Gasteiger charge is 2.45. The lowest BCUT2D eigenvalue weighted by atomic mass is 9.86. The Morgan fingerprint density at radius 1 is 0.905 bits per heavy atom. The Bertz CT molecular complexity index is 1380. The number of ether oxygens (including phenoxy) is 1. The summed E-state index contributed by atoms with van der Waals surface area (Å²) in [5.41, 5.74) is 3.74. The SMILES string of the molecule is O=C(O)CC(NC(=O)C1(NC(=O)OCC2c3ccccc3-c3ccccc32)CCN(Cc2ccccc2)CC1)C(F)F. The van der Waals surface area contributed by atoms with Crippen molar-refractivity contribution in [3.8, 4) is 11.1 Å². The van der Waals surface area contributed by atoms with E-state index in [4.69, 9.17) is 9.84 Å². The molecule has 220 valence electrons. The van der Waals surface area contributed by atoms with E-state index in [1.807, 2.05) is 78.9 Å². The molecule has 1 aliphatic carbocycles. The molecule has 3 aromatic rings. The number of hydrogen-bond donors (Lipinski definition) is 3. The Labute approximate surface area is 242 Å². The third-order valence-corrected chi connectivity index (χ3v) is 8.09. The van der Waals surface area contributed by atoms with Crippen molar-refractivity contribution in [3.63, 3.8) is 0 Å². The molecule has 1 aliphatic heterocycles. The second kappa shape index (κ2) is 12.7. The lowest BCUT2D eigenvalue weighted by Gasteiger charge is -2.41. The summed E-state index contributed by atoms with van der Waals surface area (Å²) in [6.45, 7) is 1.47. The summed E-state index contributed by atoms with van der Waals surface area (Å²) >= 11 is 0. The first-order valence-electron chi connectivity index (χ1n) is 14.0. The van der Waals surface area contributed by atoms with Crippen molar-refractivity contribution in [1.82, 2.24) is 15.5 Å². The smallest absolute Gasteiger partial charge is 0.408 e. The second-order valence-corrected chi connectivity index (χ2v) is 10.8. The van der Waals surface area contributed by atoms with E-state index in [1.54, 1.807) is 0 Å². The number of halogens is 2. The number of nitrogens with one attached hydrogen (secondary N) is 2. The van der Waals surface area contributed by atoms with Gasteiger partial charge in [0, 0.05) is 25.6 Å². The van der Waals surface area contributed by atoms with E-state index in [2.05, 4.69) is 15.5 Å². The van der Waals surface area contributed by atoms with Gasteiger partial charge in [0.05, 0.1) is 6.42 Å². The predicted molar refractivity (Wildman–Crippen MR) is 152 cm³/mol. The summed E-state index contributed by atoms with van der Waals surface area (Å²) in [5, 5.41) is 14.0. The van der Waals surface area contributed by atoms with E-state index < -0.39 is 42.4 Å². The second-order valence-electron chi connectivity index (χ2n) is 10.8. The van der Waals surface area contributed by atoms with Crippen molar-refractivity contribution in [2.75, 3.05) is 19.7 Å². The molecule has 1 heterocycles. The van der Waals surface area contributed by atoms with Crippen LogP contribution in [0, 0.1) is 0 Å². The van der Waals surface area contributed by atoms with Crippen molar-refractivity contribution >= 4 is 18.0 Å². The number of likely N-dealkylation sites (tertiary alicyclic amines) is 1. The summed E-state index contributed by atoms with van der Waals surface area (Å²) in [7, 11) is 0. The van der Waals surface area contributed by atoms with Crippen LogP contribution in [0.25, 0.3) is 11.1 Å². The number of fused-ring (bicyclic) bond motifs is 3. The number of amides is 2. The summed E-state index contributed by atoms with van der Waals surface area (Å²) in [5.74, 6) is -2.50. The molecule has 0 bridgehead atoms. The molecule has 3 aromatic carbocycles. The molecule has 10 heteroatoms. The molecule has 0 saturated carbocycles. The number of benzene rings is 3. The van der Waals surface area contributed by atoms with Crippen molar-refractivity contribution < 1.29 is 33.0 Å². The fraction of sp³-hybridized carbons (Fsp3) is 0.344. The number of piperidine rings is 1. The van der Waals surface area contributed by atoms with Crippen LogP contribution < -0.4 is 10.6 Å². The standard InChI is InChI=1S/C32H33F2N3O5/c33-29(34)27(18-28(38)39)35-30(40)32(14-16-37(17-15-32)19-21-8-2-1-3-9-21)36-31(41)42-20-26-24-12-6-4-10-22(24)23-11-5-7-13-25(23)26/h1-13,26-27,29H,14-20H2,(H,35,40)(H,36,41)(H,38,39). The third kappa shape index (κ3) is 6.44. The zero-order chi connectivity index (χ0) is 29.7. The highest BCUT2D eigenvalue weighted by atomic mass is 19.3. The van der Waals surface area contributed by atoms with Crippen LogP contribution >= 0.6 is 0 Å². The maximum absolute atomic E-state index is 13.6. The summed E-state index contributed by atoms with van der Waals surface area (Å²) in [4.78, 5) is 39.9. The third-order valence-electron chi connectivity index (χ3n) is 8.09. The van der Waals surface area contributed by atoms with E-state index >= 15 is 0 Å². The number of carboxylic acid groups (broad SMARTS) is 1. The zero-order valence-electron chi connectivity index (χ0n) is 23.0. The first kappa shape index (κ1) is 29.2. The largest absolute Gasteiger partial charge is 0.481 e. The van der Waals surface area contributed by atoms with Crippen LogP contribution in [0.4, 0.5) is 13.6 Å². The van der Waals surface area contributed by atoms with Gasteiger partial charge in [-0.3, -0.25) is 14.5 Å². The van der Waals surface area contributed by atoms with Gasteiger partial charge in [0.1, 0.15) is 18.2 Å². The van der Waals surface area contributed by atoms with Crippen molar-refractivity contribution in [2.45, 2.75) is 49.7 Å². The first-order chi connectivity index (χ1) is 20.3. The minimum atomic E-state index is -3.09. The maximum Gasteiger partial charge on any atom is 0.408 e. The molecule has 3 N–H and O–H groups in total. The van der Waals surface area contributed by atoms with Crippen molar-refractivity contribution in [1.29, 1.82) is 0 Å². The van der Waals surface area contributed by atoms with Crippen molar-refractivity contribution in [3.05, 3.63) is 95.6 Å². The van der Waals surface area contributed by atoms with Gasteiger partial charge in [-0.15, -0.1) is 0 Å². The molecule has 42 heavy (non-hydrogen) atoms. The number of rotatable bonds is 10. The fourth-order valence-corrected chi connectivity index (χ4v) is 5.87. The predicted octanol–water partition coefficient (Wildman–Crippen LogP) is 4.78. The number of carbonyl (C=O) groups excluding carboxylic acids is 2. The summed E-state index contributed by atoms with van der Waals surface area (Å²) in [6.07, 6.45) is -4.59. The van der Waals surface area contributed by atoms with E-state index in [9.17, 15) is 23.2 Å². The lowest BCUT2D eigenvalue weighted by Crippen LogP contribution is -2.65. The minimum absolute atomic E-state index is 0.0242. The Balaban J connectivity index is 1.30. The Hall–Kier alpha value is -4.31. The number of carbonyl (C=O) groups is 3.